The number of carbonyl (C=O) groups is 2. The van der Waals surface area contributed by atoms with Crippen molar-refractivity contribution in [2.45, 2.75) is 12.5 Å². The fraction of sp³-hybridized carbons (Fsp3) is 0.286. The van der Waals surface area contributed by atoms with E-state index < -0.39 is 0 Å². The number of amides is 2. The van der Waals surface area contributed by atoms with Crippen LogP contribution in [0.1, 0.15) is 32.7 Å². The monoisotopic (exact) mass is 378 g/mol. The summed E-state index contributed by atoms with van der Waals surface area (Å²) in [5.74, 6) is 0.476. The van der Waals surface area contributed by atoms with Crippen LogP contribution in [-0.4, -0.2) is 49.2 Å². The predicted molar refractivity (Wildman–Crippen MR) is 98.3 cm³/mol. The molecular weight excluding hydrogens is 360 g/mol. The molecule has 7 nitrogen and oxygen atoms in total. The molecule has 2 aliphatic rings. The van der Waals surface area contributed by atoms with Crippen LogP contribution in [-0.2, 0) is 4.74 Å². The van der Waals surface area contributed by atoms with Gasteiger partial charge in [0.05, 0.1) is 29.9 Å². The van der Waals surface area contributed by atoms with E-state index in [1.807, 2.05) is 0 Å². The number of hydrogen-bond donors (Lipinski definition) is 0. The third-order valence-corrected chi connectivity index (χ3v) is 4.57. The Morgan fingerprint density at radius 2 is 1.82 bits per heavy atom. The summed E-state index contributed by atoms with van der Waals surface area (Å²) < 4.78 is 16.3. The third kappa shape index (κ3) is 3.68. The molecule has 1 fully saturated rings. The standard InChI is InChI=1S/C21H18N2O5/c22-11-14-10-15(27-12-16-13-28-16)6-7-19(14)26-9-3-8-23-20(24)17-4-1-2-5-18(17)21(23)25/h1-2,4-7,10,16H,3,8-9,12-13H2. The van der Waals surface area contributed by atoms with Gasteiger partial charge in [-0.25, -0.2) is 0 Å². The lowest BCUT2D eigenvalue weighted by molar-refractivity contribution is 0.0646. The van der Waals surface area contributed by atoms with Crippen molar-refractivity contribution in [1.29, 1.82) is 5.26 Å². The number of fused-ring (bicyclic) bond motifs is 1. The van der Waals surface area contributed by atoms with Crippen LogP contribution in [0.25, 0.3) is 0 Å². The molecule has 28 heavy (non-hydrogen) atoms. The Bertz CT molecular complexity index is 927. The zero-order valence-electron chi connectivity index (χ0n) is 15.1. The first-order chi connectivity index (χ1) is 13.7. The Hall–Kier alpha value is -3.37. The molecule has 2 aliphatic heterocycles. The predicted octanol–water partition coefficient (Wildman–Crippen LogP) is 2.40. The molecule has 0 N–H and O–H groups in total. The highest BCUT2D eigenvalue weighted by atomic mass is 16.6. The van der Waals surface area contributed by atoms with E-state index in [0.717, 1.165) is 0 Å². The van der Waals surface area contributed by atoms with Gasteiger partial charge in [-0.3, -0.25) is 14.5 Å². The molecule has 142 valence electrons. The molecule has 0 aliphatic carbocycles. The molecule has 1 saturated heterocycles. The smallest absolute Gasteiger partial charge is 0.261 e. The topological polar surface area (TPSA) is 92.2 Å². The normalized spacial score (nSPS) is 17.2. The minimum absolute atomic E-state index is 0.142. The number of hydrogen-bond acceptors (Lipinski definition) is 6. The van der Waals surface area contributed by atoms with Crippen LogP contribution in [0.4, 0.5) is 0 Å². The minimum atomic E-state index is -0.278. The summed E-state index contributed by atoms with van der Waals surface area (Å²) >= 11 is 0. The molecule has 0 spiro atoms. The van der Waals surface area contributed by atoms with Crippen LogP contribution in [0.2, 0.25) is 0 Å². The SMILES string of the molecule is N#Cc1cc(OCC2CO2)ccc1OCCCN1C(=O)c2ccccc2C1=O. The molecule has 1 unspecified atom stereocenters. The van der Waals surface area contributed by atoms with Gasteiger partial charge in [0.1, 0.15) is 30.3 Å². The van der Waals surface area contributed by atoms with Gasteiger partial charge in [-0.05, 0) is 30.7 Å². The average Bonchev–Trinajstić information content (AvgIpc) is 3.52. The van der Waals surface area contributed by atoms with Crippen LogP contribution in [0.15, 0.2) is 42.5 Å². The number of rotatable bonds is 8. The molecule has 0 aromatic heterocycles. The van der Waals surface area contributed by atoms with Crippen molar-refractivity contribution in [1.82, 2.24) is 4.90 Å². The van der Waals surface area contributed by atoms with E-state index in [1.165, 1.54) is 4.90 Å². The number of epoxide rings is 1. The van der Waals surface area contributed by atoms with E-state index in [2.05, 4.69) is 6.07 Å². The van der Waals surface area contributed by atoms with Gasteiger partial charge in [0.2, 0.25) is 0 Å². The van der Waals surface area contributed by atoms with Crippen molar-refractivity contribution in [3.8, 4) is 17.6 Å². The number of carbonyl (C=O) groups excluding carboxylic acids is 2. The lowest BCUT2D eigenvalue weighted by Crippen LogP contribution is -2.31. The largest absolute Gasteiger partial charge is 0.492 e. The summed E-state index contributed by atoms with van der Waals surface area (Å²) in [5, 5.41) is 9.32. The zero-order chi connectivity index (χ0) is 19.5. The van der Waals surface area contributed by atoms with Crippen LogP contribution in [0.5, 0.6) is 11.5 Å². The van der Waals surface area contributed by atoms with E-state index in [4.69, 9.17) is 14.2 Å². The Morgan fingerprint density at radius 3 is 2.46 bits per heavy atom. The fourth-order valence-corrected chi connectivity index (χ4v) is 3.01. The van der Waals surface area contributed by atoms with Crippen molar-refractivity contribution in [2.24, 2.45) is 0 Å². The summed E-state index contributed by atoms with van der Waals surface area (Å²) in [6.07, 6.45) is 0.608. The van der Waals surface area contributed by atoms with E-state index >= 15 is 0 Å². The van der Waals surface area contributed by atoms with Gasteiger partial charge in [-0.2, -0.15) is 5.26 Å². The summed E-state index contributed by atoms with van der Waals surface area (Å²) in [5.41, 5.74) is 1.25. The highest BCUT2D eigenvalue weighted by Crippen LogP contribution is 2.25. The molecule has 0 radical (unpaired) electrons. The number of imide groups is 1. The van der Waals surface area contributed by atoms with Crippen LogP contribution in [0.3, 0.4) is 0 Å². The first-order valence-corrected chi connectivity index (χ1v) is 9.04. The third-order valence-electron chi connectivity index (χ3n) is 4.57. The van der Waals surface area contributed by atoms with E-state index in [9.17, 15) is 14.9 Å². The highest BCUT2D eigenvalue weighted by molar-refractivity contribution is 6.21. The Morgan fingerprint density at radius 1 is 1.11 bits per heavy atom. The summed E-state index contributed by atoms with van der Waals surface area (Å²) in [6, 6.07) is 13.9. The minimum Gasteiger partial charge on any atom is -0.492 e. The molecule has 0 saturated carbocycles. The number of nitrogens with zero attached hydrogens (tertiary/aromatic N) is 2. The highest BCUT2D eigenvalue weighted by Gasteiger charge is 2.34. The van der Waals surface area contributed by atoms with Gasteiger partial charge in [0, 0.05) is 12.6 Å². The second-order valence-corrected chi connectivity index (χ2v) is 6.55. The first-order valence-electron chi connectivity index (χ1n) is 9.04. The zero-order valence-corrected chi connectivity index (χ0v) is 15.1. The molecule has 0 bridgehead atoms. The molecule has 2 heterocycles. The van der Waals surface area contributed by atoms with Gasteiger partial charge in [0.15, 0.2) is 0 Å². The number of benzene rings is 2. The van der Waals surface area contributed by atoms with E-state index in [0.29, 0.717) is 47.8 Å². The van der Waals surface area contributed by atoms with Crippen molar-refractivity contribution >= 4 is 11.8 Å². The summed E-state index contributed by atoms with van der Waals surface area (Å²) in [4.78, 5) is 25.9. The Kier molecular flexibility index (Phi) is 4.96. The van der Waals surface area contributed by atoms with Crippen molar-refractivity contribution < 1.29 is 23.8 Å². The molecule has 1 atom stereocenters. The van der Waals surface area contributed by atoms with Gasteiger partial charge >= 0.3 is 0 Å². The maximum Gasteiger partial charge on any atom is 0.261 e. The molecule has 2 amide bonds. The maximum absolute atomic E-state index is 12.3. The molecule has 2 aromatic carbocycles. The molecule has 2 aromatic rings. The van der Waals surface area contributed by atoms with Gasteiger partial charge < -0.3 is 14.2 Å². The van der Waals surface area contributed by atoms with Gasteiger partial charge in [-0.1, -0.05) is 12.1 Å². The average molecular weight is 378 g/mol. The molecule has 7 heteroatoms. The van der Waals surface area contributed by atoms with Crippen LogP contribution < -0.4 is 9.47 Å². The lowest BCUT2D eigenvalue weighted by atomic mass is 10.1. The van der Waals surface area contributed by atoms with Gasteiger partial charge in [-0.15, -0.1) is 0 Å². The van der Waals surface area contributed by atoms with Gasteiger partial charge in [0.25, 0.3) is 11.8 Å². The maximum atomic E-state index is 12.3. The lowest BCUT2D eigenvalue weighted by Gasteiger charge is -2.14. The van der Waals surface area contributed by atoms with Crippen molar-refractivity contribution in [3.05, 3.63) is 59.2 Å². The quantitative estimate of drug-likeness (QED) is 0.398. The number of ether oxygens (including phenoxy) is 3. The van der Waals surface area contributed by atoms with Crippen LogP contribution in [0, 0.1) is 11.3 Å². The Labute approximate surface area is 162 Å². The molecular formula is C21H18N2O5. The van der Waals surface area contributed by atoms with Crippen molar-refractivity contribution in [3.63, 3.8) is 0 Å². The van der Waals surface area contributed by atoms with E-state index in [-0.39, 0.29) is 31.1 Å². The first kappa shape index (κ1) is 18.0. The second-order valence-electron chi connectivity index (χ2n) is 6.55. The Balaban J connectivity index is 1.30. The summed E-state index contributed by atoms with van der Waals surface area (Å²) in [6.45, 7) is 1.71. The van der Waals surface area contributed by atoms with Crippen LogP contribution >= 0.6 is 0 Å². The summed E-state index contributed by atoms with van der Waals surface area (Å²) in [7, 11) is 0. The van der Waals surface area contributed by atoms with E-state index in [1.54, 1.807) is 42.5 Å². The second kappa shape index (κ2) is 7.71. The number of nitriles is 1. The van der Waals surface area contributed by atoms with Crippen molar-refractivity contribution in [2.75, 3.05) is 26.4 Å². The molecule has 4 rings (SSSR count). The fourth-order valence-electron chi connectivity index (χ4n) is 3.01.